The molecule has 4 nitrogen and oxygen atoms in total. The Hall–Kier alpha value is -2.56. The van der Waals surface area contributed by atoms with Crippen molar-refractivity contribution in [2.75, 3.05) is 19.0 Å². The van der Waals surface area contributed by atoms with Gasteiger partial charge >= 0.3 is 0 Å². The molecule has 2 aromatic carbocycles. The van der Waals surface area contributed by atoms with E-state index in [0.29, 0.717) is 21.3 Å². The number of rotatable bonds is 5. The van der Waals surface area contributed by atoms with Crippen LogP contribution in [0.3, 0.4) is 0 Å². The lowest BCUT2D eigenvalue weighted by Crippen LogP contribution is -2.09. The number of benzene rings is 2. The van der Waals surface area contributed by atoms with E-state index in [-0.39, 0.29) is 5.78 Å². The van der Waals surface area contributed by atoms with E-state index in [1.54, 1.807) is 41.5 Å². The van der Waals surface area contributed by atoms with Gasteiger partial charge in [-0.25, -0.2) is 4.98 Å². The van der Waals surface area contributed by atoms with Crippen molar-refractivity contribution in [2.45, 2.75) is 0 Å². The lowest BCUT2D eigenvalue weighted by Gasteiger charge is -2.13. The van der Waals surface area contributed by atoms with E-state index < -0.39 is 0 Å². The molecular weight excluding hydrogens is 369 g/mol. The van der Waals surface area contributed by atoms with Crippen LogP contribution in [0.2, 0.25) is 10.0 Å². The smallest absolute Gasteiger partial charge is 0.211 e. The van der Waals surface area contributed by atoms with Gasteiger partial charge in [0, 0.05) is 42.8 Å². The third-order valence-corrected chi connectivity index (χ3v) is 4.45. The molecule has 0 spiro atoms. The van der Waals surface area contributed by atoms with Gasteiger partial charge in [-0.05, 0) is 42.0 Å². The molecule has 0 aliphatic carbocycles. The first-order valence-electron chi connectivity index (χ1n) is 7.93. The van der Waals surface area contributed by atoms with Crippen LogP contribution in [0.5, 0.6) is 0 Å². The standard InChI is InChI=1S/C20H17Cl2N3O/c1-24(2)16-6-3-14(4-7-16)11-19(25-10-9-23-13-25)20(26)17-8-5-15(21)12-18(17)22/h3-13H,1-2H3. The molecule has 3 aromatic rings. The number of carbonyl (C=O) groups excluding carboxylic acids is 1. The predicted molar refractivity (Wildman–Crippen MR) is 108 cm³/mol. The summed E-state index contributed by atoms with van der Waals surface area (Å²) in [6.45, 7) is 0. The van der Waals surface area contributed by atoms with Crippen LogP contribution in [0.4, 0.5) is 5.69 Å². The Morgan fingerprint density at radius 1 is 1.12 bits per heavy atom. The molecule has 0 fully saturated rings. The molecule has 6 heteroatoms. The molecule has 0 atom stereocenters. The summed E-state index contributed by atoms with van der Waals surface area (Å²) < 4.78 is 1.67. The van der Waals surface area contributed by atoms with E-state index in [1.165, 1.54) is 0 Å². The first kappa shape index (κ1) is 18.2. The summed E-state index contributed by atoms with van der Waals surface area (Å²) in [6, 6.07) is 12.8. The lowest BCUT2D eigenvalue weighted by molar-refractivity contribution is 0.105. The van der Waals surface area contributed by atoms with Crippen molar-refractivity contribution in [1.82, 2.24) is 9.55 Å². The van der Waals surface area contributed by atoms with Gasteiger partial charge in [-0.1, -0.05) is 35.3 Å². The lowest BCUT2D eigenvalue weighted by atomic mass is 10.1. The summed E-state index contributed by atoms with van der Waals surface area (Å²) in [5, 5.41) is 0.801. The maximum Gasteiger partial charge on any atom is 0.211 e. The molecule has 3 rings (SSSR count). The minimum Gasteiger partial charge on any atom is -0.378 e. The number of allylic oxidation sites excluding steroid dienone is 1. The average Bonchev–Trinajstić information content (AvgIpc) is 3.14. The Morgan fingerprint density at radius 2 is 1.85 bits per heavy atom. The zero-order valence-corrected chi connectivity index (χ0v) is 15.9. The Bertz CT molecular complexity index is 946. The van der Waals surface area contributed by atoms with Gasteiger partial charge in [0.2, 0.25) is 5.78 Å². The summed E-state index contributed by atoms with van der Waals surface area (Å²) in [5.41, 5.74) is 2.82. The highest BCUT2D eigenvalue weighted by molar-refractivity contribution is 6.40. The monoisotopic (exact) mass is 385 g/mol. The van der Waals surface area contributed by atoms with Gasteiger partial charge in [0.05, 0.1) is 17.0 Å². The number of halogens is 2. The van der Waals surface area contributed by atoms with Crippen molar-refractivity contribution >= 4 is 46.4 Å². The molecule has 0 unspecified atom stereocenters. The van der Waals surface area contributed by atoms with Crippen LogP contribution < -0.4 is 4.90 Å². The van der Waals surface area contributed by atoms with Crippen molar-refractivity contribution in [3.63, 3.8) is 0 Å². The van der Waals surface area contributed by atoms with Crippen molar-refractivity contribution in [1.29, 1.82) is 0 Å². The third kappa shape index (κ3) is 3.98. The van der Waals surface area contributed by atoms with Gasteiger partial charge in [-0.3, -0.25) is 4.79 Å². The number of hydrogen-bond donors (Lipinski definition) is 0. The molecule has 1 aromatic heterocycles. The number of imidazole rings is 1. The maximum absolute atomic E-state index is 13.1. The van der Waals surface area contributed by atoms with Gasteiger partial charge in [-0.2, -0.15) is 0 Å². The van der Waals surface area contributed by atoms with E-state index in [2.05, 4.69) is 4.98 Å². The Kier molecular flexibility index (Phi) is 5.45. The van der Waals surface area contributed by atoms with Gasteiger partial charge in [-0.15, -0.1) is 0 Å². The largest absolute Gasteiger partial charge is 0.378 e. The fraction of sp³-hybridized carbons (Fsp3) is 0.100. The normalized spacial score (nSPS) is 11.5. The molecule has 0 radical (unpaired) electrons. The summed E-state index contributed by atoms with van der Waals surface area (Å²) in [5.74, 6) is -0.207. The second-order valence-corrected chi connectivity index (χ2v) is 6.78. The van der Waals surface area contributed by atoms with Crippen LogP contribution >= 0.6 is 23.2 Å². The molecule has 0 bridgehead atoms. The number of Topliss-reactive ketones (excluding diaryl/α,β-unsaturated/α-hetero) is 1. The fourth-order valence-corrected chi connectivity index (χ4v) is 2.99. The minimum absolute atomic E-state index is 0.207. The van der Waals surface area contributed by atoms with Crippen LogP contribution in [-0.4, -0.2) is 29.4 Å². The molecule has 26 heavy (non-hydrogen) atoms. The average molecular weight is 386 g/mol. The summed E-state index contributed by atoms with van der Waals surface area (Å²) >= 11 is 12.2. The van der Waals surface area contributed by atoms with E-state index in [9.17, 15) is 4.79 Å². The second-order valence-electron chi connectivity index (χ2n) is 5.94. The van der Waals surface area contributed by atoms with Gasteiger partial charge in [0.1, 0.15) is 0 Å². The number of hydrogen-bond acceptors (Lipinski definition) is 3. The van der Waals surface area contributed by atoms with Crippen LogP contribution in [0, 0.1) is 0 Å². The van der Waals surface area contributed by atoms with Gasteiger partial charge < -0.3 is 9.47 Å². The number of anilines is 1. The van der Waals surface area contributed by atoms with Crippen LogP contribution in [0.15, 0.2) is 61.2 Å². The topological polar surface area (TPSA) is 38.1 Å². The summed E-state index contributed by atoms with van der Waals surface area (Å²) in [4.78, 5) is 19.2. The SMILES string of the molecule is CN(C)c1ccc(C=C(C(=O)c2ccc(Cl)cc2Cl)n2ccnc2)cc1. The van der Waals surface area contributed by atoms with Crippen molar-refractivity contribution in [2.24, 2.45) is 0 Å². The van der Waals surface area contributed by atoms with Crippen LogP contribution in [-0.2, 0) is 0 Å². The quantitative estimate of drug-likeness (QED) is 0.450. The molecular formula is C20H17Cl2N3O. The summed E-state index contributed by atoms with van der Waals surface area (Å²) in [7, 11) is 3.96. The van der Waals surface area contributed by atoms with Crippen LogP contribution in [0.25, 0.3) is 11.8 Å². The highest BCUT2D eigenvalue weighted by Crippen LogP contribution is 2.26. The number of aromatic nitrogens is 2. The maximum atomic E-state index is 13.1. The third-order valence-electron chi connectivity index (χ3n) is 3.90. The minimum atomic E-state index is -0.207. The zero-order valence-electron chi connectivity index (χ0n) is 14.4. The molecule has 0 amide bonds. The highest BCUT2D eigenvalue weighted by atomic mass is 35.5. The van der Waals surface area contributed by atoms with Crippen molar-refractivity contribution < 1.29 is 4.79 Å². The molecule has 0 N–H and O–H groups in total. The fourth-order valence-electron chi connectivity index (χ4n) is 2.50. The van der Waals surface area contributed by atoms with E-state index >= 15 is 0 Å². The Labute approximate surface area is 162 Å². The van der Waals surface area contributed by atoms with E-state index in [1.807, 2.05) is 49.3 Å². The Balaban J connectivity index is 2.04. The highest BCUT2D eigenvalue weighted by Gasteiger charge is 2.17. The Morgan fingerprint density at radius 3 is 2.42 bits per heavy atom. The van der Waals surface area contributed by atoms with Gasteiger partial charge in [0.15, 0.2) is 0 Å². The van der Waals surface area contributed by atoms with Crippen molar-refractivity contribution in [3.8, 4) is 0 Å². The summed E-state index contributed by atoms with van der Waals surface area (Å²) in [6.07, 6.45) is 6.75. The van der Waals surface area contributed by atoms with E-state index in [0.717, 1.165) is 11.3 Å². The second kappa shape index (κ2) is 7.77. The molecule has 132 valence electrons. The first-order chi connectivity index (χ1) is 12.5. The molecule has 0 saturated carbocycles. The number of nitrogens with zero attached hydrogens (tertiary/aromatic N) is 3. The van der Waals surface area contributed by atoms with Crippen molar-refractivity contribution in [3.05, 3.63) is 82.4 Å². The van der Waals surface area contributed by atoms with Crippen LogP contribution in [0.1, 0.15) is 15.9 Å². The molecule has 1 heterocycles. The number of ketones is 1. The molecule has 0 aliphatic rings. The number of carbonyl (C=O) groups is 1. The van der Waals surface area contributed by atoms with Gasteiger partial charge in [0.25, 0.3) is 0 Å². The van der Waals surface area contributed by atoms with E-state index in [4.69, 9.17) is 23.2 Å². The first-order valence-corrected chi connectivity index (χ1v) is 8.68. The molecule has 0 saturated heterocycles. The zero-order chi connectivity index (χ0) is 18.7. The molecule has 0 aliphatic heterocycles. The predicted octanol–water partition coefficient (Wildman–Crippen LogP) is 5.14.